The normalized spacial score (nSPS) is 17.9. The Morgan fingerprint density at radius 2 is 2.03 bits per heavy atom. The summed E-state index contributed by atoms with van der Waals surface area (Å²) >= 11 is 0. The number of nitrogens with zero attached hydrogens (tertiary/aromatic N) is 3. The van der Waals surface area contributed by atoms with Gasteiger partial charge in [0.05, 0.1) is 17.6 Å². The Morgan fingerprint density at radius 1 is 1.24 bits per heavy atom. The standard InChI is InChI=1S/C26H32FN5O2/c1-16(2)20(15-21(29-3)25(28)33)26(34)32-11-4-5-22(32)18-8-10-30-24(13-18)31-12-9-17-6-7-19(27)14-23(17)31/h6-10,12-14,16,20-22,29H,4-5,11,15H2,1-3H3,(H2,28,33). The number of likely N-dealkylation sites (N-methyl/N-ethyl adjacent to an activating group) is 1. The topological polar surface area (TPSA) is 93.2 Å². The Labute approximate surface area is 199 Å². The second-order valence-corrected chi connectivity index (χ2v) is 9.36. The average Bonchev–Trinajstić information content (AvgIpc) is 3.46. The van der Waals surface area contributed by atoms with Crippen molar-refractivity contribution in [1.29, 1.82) is 0 Å². The fourth-order valence-corrected chi connectivity index (χ4v) is 4.95. The zero-order chi connectivity index (χ0) is 24.4. The molecule has 0 radical (unpaired) electrons. The van der Waals surface area contributed by atoms with Crippen molar-refractivity contribution in [1.82, 2.24) is 19.8 Å². The van der Waals surface area contributed by atoms with E-state index in [0.717, 1.165) is 29.3 Å². The molecule has 3 N–H and O–H groups in total. The van der Waals surface area contributed by atoms with E-state index in [1.165, 1.54) is 12.1 Å². The molecule has 180 valence electrons. The number of aromatic nitrogens is 2. The van der Waals surface area contributed by atoms with Crippen LogP contribution in [0.2, 0.25) is 0 Å². The third kappa shape index (κ3) is 4.68. The summed E-state index contributed by atoms with van der Waals surface area (Å²) in [6, 6.07) is 9.92. The largest absolute Gasteiger partial charge is 0.368 e. The zero-order valence-corrected chi connectivity index (χ0v) is 19.9. The molecule has 1 aliphatic heterocycles. The van der Waals surface area contributed by atoms with Crippen molar-refractivity contribution in [2.24, 2.45) is 17.6 Å². The van der Waals surface area contributed by atoms with Gasteiger partial charge in [-0.3, -0.25) is 9.59 Å². The van der Waals surface area contributed by atoms with Crippen LogP contribution in [0, 0.1) is 17.7 Å². The lowest BCUT2D eigenvalue weighted by Gasteiger charge is -2.32. The van der Waals surface area contributed by atoms with E-state index in [1.54, 1.807) is 19.3 Å². The molecule has 1 saturated heterocycles. The molecule has 3 unspecified atom stereocenters. The number of primary amides is 1. The van der Waals surface area contributed by atoms with Gasteiger partial charge in [0.2, 0.25) is 11.8 Å². The predicted molar refractivity (Wildman–Crippen MR) is 130 cm³/mol. The Morgan fingerprint density at radius 3 is 2.74 bits per heavy atom. The first-order chi connectivity index (χ1) is 16.3. The number of pyridine rings is 1. The summed E-state index contributed by atoms with van der Waals surface area (Å²) < 4.78 is 15.7. The molecule has 3 atom stereocenters. The highest BCUT2D eigenvalue weighted by atomic mass is 19.1. The van der Waals surface area contributed by atoms with Crippen LogP contribution in [0.3, 0.4) is 0 Å². The minimum absolute atomic E-state index is 0.0471. The van der Waals surface area contributed by atoms with Crippen molar-refractivity contribution in [3.8, 4) is 5.82 Å². The lowest BCUT2D eigenvalue weighted by molar-refractivity contribution is -0.138. The van der Waals surface area contributed by atoms with Crippen molar-refractivity contribution in [2.75, 3.05) is 13.6 Å². The number of rotatable bonds is 8. The summed E-state index contributed by atoms with van der Waals surface area (Å²) in [6.07, 6.45) is 5.74. The summed E-state index contributed by atoms with van der Waals surface area (Å²) in [5.41, 5.74) is 7.26. The molecule has 2 aromatic heterocycles. The number of fused-ring (bicyclic) bond motifs is 1. The first kappa shape index (κ1) is 23.9. The molecule has 0 saturated carbocycles. The van der Waals surface area contributed by atoms with E-state index < -0.39 is 11.9 Å². The molecule has 1 aliphatic rings. The number of hydrogen-bond acceptors (Lipinski definition) is 4. The number of nitrogens with one attached hydrogen (secondary N) is 1. The lowest BCUT2D eigenvalue weighted by Crippen LogP contribution is -2.45. The van der Waals surface area contributed by atoms with E-state index in [4.69, 9.17) is 5.73 Å². The minimum atomic E-state index is -0.549. The van der Waals surface area contributed by atoms with Gasteiger partial charge in [-0.2, -0.15) is 0 Å². The molecule has 4 rings (SSSR count). The minimum Gasteiger partial charge on any atom is -0.368 e. The summed E-state index contributed by atoms with van der Waals surface area (Å²) in [5, 5.41) is 3.86. The third-order valence-corrected chi connectivity index (χ3v) is 6.90. The second kappa shape index (κ2) is 9.93. The molecule has 8 heteroatoms. The van der Waals surface area contributed by atoms with E-state index in [0.29, 0.717) is 18.8 Å². The molecule has 1 aromatic carbocycles. The SMILES string of the molecule is CNC(CC(C(=O)N1CCCC1c1ccnc(-n2ccc3ccc(F)cc32)c1)C(C)C)C(N)=O. The van der Waals surface area contributed by atoms with Crippen molar-refractivity contribution < 1.29 is 14.0 Å². The van der Waals surface area contributed by atoms with Gasteiger partial charge in [-0.25, -0.2) is 9.37 Å². The maximum absolute atomic E-state index is 13.9. The molecule has 34 heavy (non-hydrogen) atoms. The van der Waals surface area contributed by atoms with Crippen LogP contribution in [0.4, 0.5) is 4.39 Å². The molecule has 0 bridgehead atoms. The number of benzene rings is 1. The fraction of sp³-hybridized carbons (Fsp3) is 0.423. The van der Waals surface area contributed by atoms with Crippen LogP contribution >= 0.6 is 0 Å². The van der Waals surface area contributed by atoms with E-state index in [9.17, 15) is 14.0 Å². The number of likely N-dealkylation sites (tertiary alicyclic amines) is 1. The van der Waals surface area contributed by atoms with Gasteiger partial charge in [0.15, 0.2) is 0 Å². The Kier molecular flexibility index (Phi) is 6.97. The molecule has 3 aromatic rings. The van der Waals surface area contributed by atoms with Crippen LogP contribution in [0.5, 0.6) is 0 Å². The molecular formula is C26H32FN5O2. The molecular weight excluding hydrogens is 433 g/mol. The van der Waals surface area contributed by atoms with Crippen LogP contribution in [0.1, 0.15) is 44.7 Å². The van der Waals surface area contributed by atoms with E-state index in [-0.39, 0.29) is 29.6 Å². The quantitative estimate of drug-likeness (QED) is 0.532. The average molecular weight is 466 g/mol. The number of hydrogen-bond donors (Lipinski definition) is 2. The highest BCUT2D eigenvalue weighted by Gasteiger charge is 2.37. The van der Waals surface area contributed by atoms with Crippen LogP contribution in [-0.2, 0) is 9.59 Å². The monoisotopic (exact) mass is 465 g/mol. The fourth-order valence-electron chi connectivity index (χ4n) is 4.95. The van der Waals surface area contributed by atoms with Crippen LogP contribution in [-0.4, -0.2) is 45.9 Å². The van der Waals surface area contributed by atoms with Crippen LogP contribution in [0.15, 0.2) is 48.8 Å². The van der Waals surface area contributed by atoms with E-state index in [2.05, 4.69) is 10.3 Å². The lowest BCUT2D eigenvalue weighted by atomic mass is 9.87. The summed E-state index contributed by atoms with van der Waals surface area (Å²) in [7, 11) is 1.69. The van der Waals surface area contributed by atoms with Crippen molar-refractivity contribution in [2.45, 2.75) is 45.2 Å². The molecule has 0 aliphatic carbocycles. The number of carbonyl (C=O) groups excluding carboxylic acids is 2. The van der Waals surface area contributed by atoms with Crippen molar-refractivity contribution >= 4 is 22.7 Å². The maximum atomic E-state index is 13.9. The Balaban J connectivity index is 1.62. The summed E-state index contributed by atoms with van der Waals surface area (Å²) in [5.74, 6) is -0.270. The van der Waals surface area contributed by atoms with Gasteiger partial charge >= 0.3 is 0 Å². The number of halogens is 1. The van der Waals surface area contributed by atoms with E-state index >= 15 is 0 Å². The molecule has 2 amide bonds. The van der Waals surface area contributed by atoms with Gasteiger partial charge in [0.1, 0.15) is 11.6 Å². The smallest absolute Gasteiger partial charge is 0.234 e. The van der Waals surface area contributed by atoms with Crippen LogP contribution in [0.25, 0.3) is 16.7 Å². The highest BCUT2D eigenvalue weighted by Crippen LogP contribution is 2.35. The molecule has 1 fully saturated rings. The van der Waals surface area contributed by atoms with Gasteiger partial charge in [0.25, 0.3) is 0 Å². The Bertz CT molecular complexity index is 1190. The zero-order valence-electron chi connectivity index (χ0n) is 19.9. The number of nitrogens with two attached hydrogens (primary N) is 1. The maximum Gasteiger partial charge on any atom is 0.234 e. The van der Waals surface area contributed by atoms with Gasteiger partial charge in [-0.1, -0.05) is 13.8 Å². The van der Waals surface area contributed by atoms with Gasteiger partial charge in [-0.15, -0.1) is 0 Å². The van der Waals surface area contributed by atoms with Gasteiger partial charge in [0, 0.05) is 30.2 Å². The van der Waals surface area contributed by atoms with Crippen LogP contribution < -0.4 is 11.1 Å². The predicted octanol–water partition coefficient (Wildman–Crippen LogP) is 3.56. The van der Waals surface area contributed by atoms with Gasteiger partial charge in [-0.05, 0) is 74.2 Å². The second-order valence-electron chi connectivity index (χ2n) is 9.36. The third-order valence-electron chi connectivity index (χ3n) is 6.90. The highest BCUT2D eigenvalue weighted by molar-refractivity contribution is 5.84. The number of amides is 2. The first-order valence-corrected chi connectivity index (χ1v) is 11.8. The summed E-state index contributed by atoms with van der Waals surface area (Å²) in [4.78, 5) is 31.9. The van der Waals surface area contributed by atoms with E-state index in [1.807, 2.05) is 47.7 Å². The molecule has 0 spiro atoms. The molecule has 7 nitrogen and oxygen atoms in total. The number of carbonyl (C=O) groups is 2. The Hall–Kier alpha value is -3.26. The summed E-state index contributed by atoms with van der Waals surface area (Å²) in [6.45, 7) is 4.67. The van der Waals surface area contributed by atoms with Gasteiger partial charge < -0.3 is 20.5 Å². The first-order valence-electron chi connectivity index (χ1n) is 11.8. The van der Waals surface area contributed by atoms with Crippen molar-refractivity contribution in [3.05, 3.63) is 60.2 Å². The van der Waals surface area contributed by atoms with Crippen molar-refractivity contribution in [3.63, 3.8) is 0 Å². The molecule has 3 heterocycles.